The highest BCUT2D eigenvalue weighted by Crippen LogP contribution is 2.40. The van der Waals surface area contributed by atoms with Gasteiger partial charge in [0.2, 0.25) is 5.75 Å². The molecule has 0 radical (unpaired) electrons. The minimum atomic E-state index is -0.777. The van der Waals surface area contributed by atoms with Crippen LogP contribution in [0.2, 0.25) is 0 Å². The summed E-state index contributed by atoms with van der Waals surface area (Å²) < 4.78 is 17.7. The Morgan fingerprint density at radius 3 is 2.09 bits per heavy atom. The number of hydrogen-bond donors (Lipinski definition) is 1. The van der Waals surface area contributed by atoms with Gasteiger partial charge in [-0.1, -0.05) is 36.4 Å². The Labute approximate surface area is 185 Å². The fourth-order valence-corrected chi connectivity index (χ4v) is 3.64. The molecule has 0 spiro atoms. The van der Waals surface area contributed by atoms with E-state index in [1.54, 1.807) is 22.7 Å². The number of methoxy groups -OCH3 is 3. The minimum absolute atomic E-state index is 0.289. The summed E-state index contributed by atoms with van der Waals surface area (Å²) in [6, 6.07) is 20.1. The highest BCUT2D eigenvalue weighted by molar-refractivity contribution is 6.47. The van der Waals surface area contributed by atoms with Gasteiger partial charge < -0.3 is 23.9 Å². The lowest BCUT2D eigenvalue weighted by atomic mass is 10.0. The van der Waals surface area contributed by atoms with Crippen molar-refractivity contribution in [3.63, 3.8) is 0 Å². The average molecular weight is 430 g/mol. The summed E-state index contributed by atoms with van der Waals surface area (Å²) in [6.07, 6.45) is 1.77. The zero-order valence-electron chi connectivity index (χ0n) is 17.9. The number of benzene rings is 2. The van der Waals surface area contributed by atoms with Gasteiger partial charge in [-0.3, -0.25) is 9.59 Å². The van der Waals surface area contributed by atoms with Gasteiger partial charge in [0.25, 0.3) is 11.7 Å². The van der Waals surface area contributed by atoms with Crippen LogP contribution in [0.15, 0.2) is 72.9 Å². The molecule has 0 unspecified atom stereocenters. The lowest BCUT2D eigenvalue weighted by Crippen LogP contribution is -2.24. The lowest BCUT2D eigenvalue weighted by molar-refractivity contribution is -0.112. The number of fused-ring (bicyclic) bond motifs is 1. The zero-order valence-corrected chi connectivity index (χ0v) is 17.9. The molecule has 0 aliphatic rings. The van der Waals surface area contributed by atoms with E-state index in [-0.39, 0.29) is 5.69 Å². The topological polar surface area (TPSA) is 78.3 Å². The number of anilines is 1. The van der Waals surface area contributed by atoms with E-state index in [2.05, 4.69) is 5.32 Å². The van der Waals surface area contributed by atoms with Crippen molar-refractivity contribution in [2.45, 2.75) is 0 Å². The number of rotatable bonds is 7. The molecule has 2 aromatic heterocycles. The van der Waals surface area contributed by atoms with Crippen LogP contribution in [0.5, 0.6) is 17.2 Å². The van der Waals surface area contributed by atoms with Crippen molar-refractivity contribution in [3.05, 3.63) is 78.6 Å². The summed E-state index contributed by atoms with van der Waals surface area (Å²) in [4.78, 5) is 26.3. The molecule has 0 atom stereocenters. The summed E-state index contributed by atoms with van der Waals surface area (Å²) in [5, 5.41) is 2.66. The maximum absolute atomic E-state index is 13.3. The second kappa shape index (κ2) is 8.85. The molecule has 1 amide bonds. The number of pyridine rings is 1. The molecule has 0 bridgehead atoms. The number of aromatic nitrogens is 1. The van der Waals surface area contributed by atoms with E-state index in [9.17, 15) is 9.59 Å². The molecule has 4 aromatic rings. The van der Waals surface area contributed by atoms with Crippen LogP contribution < -0.4 is 19.5 Å². The molecule has 1 N–H and O–H groups in total. The van der Waals surface area contributed by atoms with Gasteiger partial charge in [-0.05, 0) is 23.8 Å². The molecular formula is C25H22N2O5. The van der Waals surface area contributed by atoms with Gasteiger partial charge in [-0.2, -0.15) is 0 Å². The van der Waals surface area contributed by atoms with Crippen molar-refractivity contribution in [1.29, 1.82) is 0 Å². The van der Waals surface area contributed by atoms with E-state index >= 15 is 0 Å². The van der Waals surface area contributed by atoms with Crippen molar-refractivity contribution >= 4 is 22.9 Å². The molecule has 0 aliphatic heterocycles. The van der Waals surface area contributed by atoms with Gasteiger partial charge in [0, 0.05) is 35.1 Å². The van der Waals surface area contributed by atoms with Crippen molar-refractivity contribution in [3.8, 4) is 28.4 Å². The summed E-state index contributed by atoms with van der Waals surface area (Å²) in [7, 11) is 4.45. The minimum Gasteiger partial charge on any atom is -0.493 e. The van der Waals surface area contributed by atoms with Crippen LogP contribution in [0.4, 0.5) is 5.69 Å². The van der Waals surface area contributed by atoms with Gasteiger partial charge in [0.05, 0.1) is 21.3 Å². The first-order chi connectivity index (χ1) is 15.6. The third-order valence-corrected chi connectivity index (χ3v) is 5.11. The Morgan fingerprint density at radius 2 is 1.47 bits per heavy atom. The summed E-state index contributed by atoms with van der Waals surface area (Å²) in [5.74, 6) is -0.312. The molecule has 0 fully saturated rings. The predicted octanol–water partition coefficient (Wildman–Crippen LogP) is 4.45. The molecule has 7 heteroatoms. The molecule has 162 valence electrons. The Hall–Kier alpha value is -4.26. The Bertz CT molecular complexity index is 1270. The van der Waals surface area contributed by atoms with Crippen LogP contribution in [0.25, 0.3) is 16.6 Å². The maximum Gasteiger partial charge on any atom is 0.298 e. The molecule has 0 aliphatic carbocycles. The smallest absolute Gasteiger partial charge is 0.298 e. The predicted molar refractivity (Wildman–Crippen MR) is 122 cm³/mol. The first-order valence-corrected chi connectivity index (χ1v) is 9.88. The number of nitrogens with zero attached hydrogens (tertiary/aromatic N) is 1. The van der Waals surface area contributed by atoms with Crippen molar-refractivity contribution in [2.24, 2.45) is 0 Å². The van der Waals surface area contributed by atoms with E-state index < -0.39 is 11.7 Å². The molecular weight excluding hydrogens is 408 g/mol. The van der Waals surface area contributed by atoms with E-state index in [1.165, 1.54) is 21.3 Å². The second-order valence-corrected chi connectivity index (χ2v) is 6.97. The van der Waals surface area contributed by atoms with Crippen LogP contribution in [0.1, 0.15) is 10.5 Å². The average Bonchev–Trinajstić information content (AvgIpc) is 3.23. The molecule has 2 heterocycles. The highest BCUT2D eigenvalue weighted by Gasteiger charge is 2.25. The lowest BCUT2D eigenvalue weighted by Gasteiger charge is -2.14. The van der Waals surface area contributed by atoms with Gasteiger partial charge in [0.15, 0.2) is 11.5 Å². The third-order valence-electron chi connectivity index (χ3n) is 5.11. The van der Waals surface area contributed by atoms with Crippen LogP contribution in [-0.2, 0) is 4.79 Å². The van der Waals surface area contributed by atoms with E-state index in [0.29, 0.717) is 28.5 Å². The molecule has 4 rings (SSSR count). The Kier molecular flexibility index (Phi) is 5.81. The van der Waals surface area contributed by atoms with Crippen molar-refractivity contribution < 1.29 is 23.8 Å². The van der Waals surface area contributed by atoms with Gasteiger partial charge in [-0.25, -0.2) is 0 Å². The van der Waals surface area contributed by atoms with E-state index in [1.807, 2.05) is 54.6 Å². The van der Waals surface area contributed by atoms with Crippen LogP contribution in [0.3, 0.4) is 0 Å². The van der Waals surface area contributed by atoms with Crippen LogP contribution in [0, 0.1) is 0 Å². The molecule has 0 saturated carbocycles. The number of ether oxygens (including phenoxy) is 3. The fraction of sp³-hybridized carbons (Fsp3) is 0.120. The number of carbonyl (C=O) groups excluding carboxylic acids is 2. The third kappa shape index (κ3) is 3.76. The fourth-order valence-electron chi connectivity index (χ4n) is 3.64. The Morgan fingerprint density at radius 1 is 0.812 bits per heavy atom. The van der Waals surface area contributed by atoms with Gasteiger partial charge >= 0.3 is 0 Å². The Balaban J connectivity index is 1.74. The van der Waals surface area contributed by atoms with E-state index in [0.717, 1.165) is 11.1 Å². The highest BCUT2D eigenvalue weighted by atomic mass is 16.5. The summed E-state index contributed by atoms with van der Waals surface area (Å²) >= 11 is 0. The second-order valence-electron chi connectivity index (χ2n) is 6.97. The van der Waals surface area contributed by atoms with Gasteiger partial charge in [0.1, 0.15) is 5.69 Å². The molecule has 7 nitrogen and oxygen atoms in total. The van der Waals surface area contributed by atoms with E-state index in [4.69, 9.17) is 14.2 Å². The first-order valence-electron chi connectivity index (χ1n) is 9.88. The molecule has 0 saturated heterocycles. The van der Waals surface area contributed by atoms with Crippen LogP contribution in [-0.4, -0.2) is 37.4 Å². The standard InChI is InChI=1S/C25H22N2O5/c1-30-20-13-17(14-21(31-2)24(20)32-3)26-25(29)23(28)22-19(16-9-5-4-6-10-16)15-18-11-7-8-12-27(18)22/h4-15H,1-3H3,(H,26,29). The zero-order chi connectivity index (χ0) is 22.7. The quantitative estimate of drug-likeness (QED) is 0.346. The number of carbonyl (C=O) groups is 2. The molecule has 2 aromatic carbocycles. The molecule has 32 heavy (non-hydrogen) atoms. The SMILES string of the molecule is COc1cc(NC(=O)C(=O)c2c(-c3ccccc3)cc3ccccn23)cc(OC)c1OC. The number of Topliss-reactive ketones (excluding diaryl/α,β-unsaturated/α-hetero) is 1. The summed E-state index contributed by atoms with van der Waals surface area (Å²) in [6.45, 7) is 0. The first kappa shape index (κ1) is 21.0. The number of amides is 1. The maximum atomic E-state index is 13.3. The largest absolute Gasteiger partial charge is 0.493 e. The number of ketones is 1. The summed E-state index contributed by atoms with van der Waals surface area (Å²) in [5.41, 5.74) is 2.98. The monoisotopic (exact) mass is 430 g/mol. The number of nitrogens with one attached hydrogen (secondary N) is 1. The van der Waals surface area contributed by atoms with Crippen molar-refractivity contribution in [1.82, 2.24) is 4.40 Å². The van der Waals surface area contributed by atoms with Crippen molar-refractivity contribution in [2.75, 3.05) is 26.6 Å². The number of hydrogen-bond acceptors (Lipinski definition) is 5. The normalized spacial score (nSPS) is 10.6. The van der Waals surface area contributed by atoms with Gasteiger partial charge in [-0.15, -0.1) is 0 Å². The van der Waals surface area contributed by atoms with Crippen LogP contribution >= 0.6 is 0 Å².